The summed E-state index contributed by atoms with van der Waals surface area (Å²) in [7, 11) is 0. The fourth-order valence-electron chi connectivity index (χ4n) is 3.41. The molecule has 8 nitrogen and oxygen atoms in total. The number of fused-ring (bicyclic) bond motifs is 1. The molecule has 2 aromatic heterocycles. The second kappa shape index (κ2) is 9.01. The number of nitrogens with one attached hydrogen (secondary N) is 2. The zero-order valence-corrected chi connectivity index (χ0v) is 17.1. The van der Waals surface area contributed by atoms with Crippen LogP contribution in [0.1, 0.15) is 32.5 Å². The maximum Gasteiger partial charge on any atom is 0.329 e. The predicted molar refractivity (Wildman–Crippen MR) is 111 cm³/mol. The van der Waals surface area contributed by atoms with E-state index in [4.69, 9.17) is 12.2 Å². The number of para-hydroxylation sites is 2. The molecular formula is C19H26N6O2S. The molecule has 0 saturated heterocycles. The highest BCUT2D eigenvalue weighted by atomic mass is 32.1. The van der Waals surface area contributed by atoms with Gasteiger partial charge in [0.05, 0.1) is 11.0 Å². The van der Waals surface area contributed by atoms with Crippen molar-refractivity contribution in [3.63, 3.8) is 0 Å². The van der Waals surface area contributed by atoms with E-state index >= 15 is 0 Å². The summed E-state index contributed by atoms with van der Waals surface area (Å²) in [5, 5.41) is 9.86. The minimum absolute atomic E-state index is 0.0608. The first kappa shape index (κ1) is 20.1. The molecule has 2 heterocycles. The van der Waals surface area contributed by atoms with Crippen LogP contribution >= 0.6 is 12.2 Å². The number of aromatic amines is 1. The third-order valence-corrected chi connectivity index (χ3v) is 5.07. The number of carbonyl (C=O) groups is 1. The first-order chi connectivity index (χ1) is 13.6. The van der Waals surface area contributed by atoms with Crippen molar-refractivity contribution in [2.45, 2.75) is 52.7 Å². The molecule has 1 aromatic carbocycles. The number of benzene rings is 1. The van der Waals surface area contributed by atoms with Gasteiger partial charge >= 0.3 is 5.69 Å². The average Bonchev–Trinajstić information content (AvgIpc) is 3.18. The zero-order chi connectivity index (χ0) is 20.1. The molecule has 0 unspecified atom stereocenters. The number of aryl methyl sites for hydroxylation is 2. The molecule has 0 spiro atoms. The van der Waals surface area contributed by atoms with Crippen LogP contribution in [0.25, 0.3) is 11.0 Å². The second-order valence-electron chi connectivity index (χ2n) is 6.61. The topological polar surface area (TPSA) is 89.6 Å². The summed E-state index contributed by atoms with van der Waals surface area (Å²) in [4.78, 5) is 25.0. The van der Waals surface area contributed by atoms with E-state index in [0.29, 0.717) is 30.8 Å². The first-order valence-electron chi connectivity index (χ1n) is 9.65. The van der Waals surface area contributed by atoms with Gasteiger partial charge in [0.25, 0.3) is 0 Å². The molecule has 9 heteroatoms. The third-order valence-electron chi connectivity index (χ3n) is 4.76. The van der Waals surface area contributed by atoms with Crippen LogP contribution in [0.4, 0.5) is 0 Å². The maximum absolute atomic E-state index is 12.7. The van der Waals surface area contributed by atoms with E-state index in [1.54, 1.807) is 9.13 Å². The molecule has 1 amide bonds. The Bertz CT molecular complexity index is 1070. The Kier molecular flexibility index (Phi) is 6.45. The number of imidazole rings is 1. The van der Waals surface area contributed by atoms with Gasteiger partial charge in [-0.2, -0.15) is 5.10 Å². The smallest absolute Gasteiger partial charge is 0.329 e. The van der Waals surface area contributed by atoms with Crippen LogP contribution in [0.2, 0.25) is 0 Å². The highest BCUT2D eigenvalue weighted by molar-refractivity contribution is 7.71. The van der Waals surface area contributed by atoms with Gasteiger partial charge in [-0.1, -0.05) is 19.1 Å². The van der Waals surface area contributed by atoms with E-state index < -0.39 is 0 Å². The Morgan fingerprint density at radius 2 is 1.82 bits per heavy atom. The lowest BCUT2D eigenvalue weighted by molar-refractivity contribution is -0.121. The van der Waals surface area contributed by atoms with Crippen molar-refractivity contribution in [3.8, 4) is 0 Å². The lowest BCUT2D eigenvalue weighted by atomic mass is 10.3. The predicted octanol–water partition coefficient (Wildman–Crippen LogP) is 2.24. The number of amides is 1. The summed E-state index contributed by atoms with van der Waals surface area (Å²) in [6.45, 7) is 6.29. The van der Waals surface area contributed by atoms with Crippen LogP contribution < -0.4 is 11.0 Å². The minimum atomic E-state index is -0.0867. The highest BCUT2D eigenvalue weighted by Gasteiger charge is 2.13. The summed E-state index contributed by atoms with van der Waals surface area (Å²) in [5.41, 5.74) is 1.72. The molecule has 0 bridgehead atoms. The van der Waals surface area contributed by atoms with Gasteiger partial charge in [0.15, 0.2) is 4.77 Å². The average molecular weight is 403 g/mol. The first-order valence-corrected chi connectivity index (χ1v) is 10.1. The zero-order valence-electron chi connectivity index (χ0n) is 16.3. The molecule has 28 heavy (non-hydrogen) atoms. The van der Waals surface area contributed by atoms with Gasteiger partial charge in [-0.3, -0.25) is 19.0 Å². The standard InChI is InChI=1S/C19H26N6O2S/c1-3-12-24-14-7-5-6-8-15(14)25(19(24)27)13-10-17(26)20-11-9-16-21-22-18(28)23(16)4-2/h5-8H,3-4,9-13H2,1-2H3,(H,20,26)(H,22,28). The molecule has 3 aromatic rings. The number of H-pyrrole nitrogens is 1. The van der Waals surface area contributed by atoms with Crippen LogP contribution in [0.3, 0.4) is 0 Å². The number of carbonyl (C=O) groups excluding carboxylic acids is 1. The molecular weight excluding hydrogens is 376 g/mol. The van der Waals surface area contributed by atoms with Crippen molar-refractivity contribution < 1.29 is 4.79 Å². The number of hydrogen-bond donors (Lipinski definition) is 2. The summed E-state index contributed by atoms with van der Waals surface area (Å²) in [6.07, 6.45) is 1.73. The molecule has 0 aliphatic carbocycles. The minimum Gasteiger partial charge on any atom is -0.356 e. The van der Waals surface area contributed by atoms with Gasteiger partial charge in [0.1, 0.15) is 5.82 Å². The second-order valence-corrected chi connectivity index (χ2v) is 7.00. The van der Waals surface area contributed by atoms with Gasteiger partial charge < -0.3 is 9.88 Å². The van der Waals surface area contributed by atoms with Crippen LogP contribution in [0.15, 0.2) is 29.1 Å². The van der Waals surface area contributed by atoms with Crippen LogP contribution in [-0.2, 0) is 30.8 Å². The van der Waals surface area contributed by atoms with E-state index in [-0.39, 0.29) is 18.0 Å². The van der Waals surface area contributed by atoms with Gasteiger partial charge in [0.2, 0.25) is 5.91 Å². The summed E-state index contributed by atoms with van der Waals surface area (Å²) in [5.74, 6) is 0.739. The molecule has 0 saturated carbocycles. The van der Waals surface area contributed by atoms with Crippen molar-refractivity contribution in [2.75, 3.05) is 6.54 Å². The normalized spacial score (nSPS) is 11.2. The van der Waals surface area contributed by atoms with E-state index in [1.165, 1.54) is 0 Å². The molecule has 0 aliphatic heterocycles. The molecule has 0 atom stereocenters. The maximum atomic E-state index is 12.7. The molecule has 0 aliphatic rings. The molecule has 2 N–H and O–H groups in total. The Balaban J connectivity index is 1.61. The van der Waals surface area contributed by atoms with Crippen molar-refractivity contribution >= 4 is 29.2 Å². The Morgan fingerprint density at radius 3 is 2.46 bits per heavy atom. The Morgan fingerprint density at radius 1 is 1.14 bits per heavy atom. The molecule has 150 valence electrons. The van der Waals surface area contributed by atoms with Crippen molar-refractivity contribution in [1.82, 2.24) is 29.2 Å². The lowest BCUT2D eigenvalue weighted by Gasteiger charge is -2.07. The molecule has 0 fully saturated rings. The number of hydrogen-bond acceptors (Lipinski definition) is 4. The van der Waals surface area contributed by atoms with E-state index in [0.717, 1.165) is 29.8 Å². The van der Waals surface area contributed by atoms with Crippen molar-refractivity contribution in [1.29, 1.82) is 0 Å². The van der Waals surface area contributed by atoms with Crippen LogP contribution in [0, 0.1) is 4.77 Å². The van der Waals surface area contributed by atoms with Crippen LogP contribution in [-0.4, -0.2) is 36.4 Å². The van der Waals surface area contributed by atoms with E-state index in [1.807, 2.05) is 42.7 Å². The summed E-state index contributed by atoms with van der Waals surface area (Å²) < 4.78 is 5.96. The monoisotopic (exact) mass is 402 g/mol. The Labute approximate surface area is 168 Å². The van der Waals surface area contributed by atoms with Crippen molar-refractivity contribution in [2.24, 2.45) is 0 Å². The third kappa shape index (κ3) is 4.09. The fraction of sp³-hybridized carbons (Fsp3) is 0.474. The van der Waals surface area contributed by atoms with Gasteiger partial charge in [-0.15, -0.1) is 0 Å². The van der Waals surface area contributed by atoms with Crippen molar-refractivity contribution in [3.05, 3.63) is 45.3 Å². The summed E-state index contributed by atoms with van der Waals surface area (Å²) in [6, 6.07) is 7.71. The van der Waals surface area contributed by atoms with E-state index in [2.05, 4.69) is 15.5 Å². The Hall–Kier alpha value is -2.68. The number of rotatable bonds is 9. The van der Waals surface area contributed by atoms with Gasteiger partial charge in [-0.05, 0) is 37.7 Å². The molecule has 0 radical (unpaired) electrons. The number of nitrogens with zero attached hydrogens (tertiary/aromatic N) is 4. The fourth-order valence-corrected chi connectivity index (χ4v) is 3.69. The van der Waals surface area contributed by atoms with E-state index in [9.17, 15) is 9.59 Å². The quantitative estimate of drug-likeness (QED) is 0.537. The SMILES string of the molecule is CCCn1c(=O)n(CCC(=O)NCCc2n[nH]c(=S)n2CC)c2ccccc21. The highest BCUT2D eigenvalue weighted by Crippen LogP contribution is 2.13. The van der Waals surface area contributed by atoms with Gasteiger partial charge in [0, 0.05) is 39.0 Å². The summed E-state index contributed by atoms with van der Waals surface area (Å²) >= 11 is 5.16. The lowest BCUT2D eigenvalue weighted by Crippen LogP contribution is -2.30. The largest absolute Gasteiger partial charge is 0.356 e. The van der Waals surface area contributed by atoms with Crippen LogP contribution in [0.5, 0.6) is 0 Å². The van der Waals surface area contributed by atoms with Gasteiger partial charge in [-0.25, -0.2) is 4.79 Å². The number of aromatic nitrogens is 5. The molecule has 3 rings (SSSR count).